The largest absolute Gasteiger partial charge is 0.493 e. The monoisotopic (exact) mass is 414 g/mol. The lowest BCUT2D eigenvalue weighted by atomic mass is 10.1. The summed E-state index contributed by atoms with van der Waals surface area (Å²) in [5, 5.41) is 0. The number of nitrogens with two attached hydrogens (primary N) is 1. The zero-order valence-electron chi connectivity index (χ0n) is 18.5. The SMILES string of the molecule is CCOc1ccccc1-c1nc2ccc(N)cn2c1CN(Cc1ccccc1)C(C)C. The van der Waals surface area contributed by atoms with Gasteiger partial charge in [-0.05, 0) is 50.6 Å². The molecule has 4 aromatic rings. The van der Waals surface area contributed by atoms with Crippen LogP contribution in [0.2, 0.25) is 0 Å². The number of imidazole rings is 1. The lowest BCUT2D eigenvalue weighted by Crippen LogP contribution is -2.30. The lowest BCUT2D eigenvalue weighted by Gasteiger charge is -2.27. The number of aromatic nitrogens is 2. The maximum absolute atomic E-state index is 6.15. The second-order valence-corrected chi connectivity index (χ2v) is 8.01. The number of nitrogens with zero attached hydrogens (tertiary/aromatic N) is 3. The van der Waals surface area contributed by atoms with Crippen LogP contribution >= 0.6 is 0 Å². The van der Waals surface area contributed by atoms with E-state index < -0.39 is 0 Å². The lowest BCUT2D eigenvalue weighted by molar-refractivity contribution is 0.201. The van der Waals surface area contributed by atoms with Crippen molar-refractivity contribution < 1.29 is 4.74 Å². The van der Waals surface area contributed by atoms with E-state index in [1.54, 1.807) is 0 Å². The van der Waals surface area contributed by atoms with Gasteiger partial charge in [0, 0.05) is 36.6 Å². The highest BCUT2D eigenvalue weighted by molar-refractivity contribution is 5.72. The Morgan fingerprint density at radius 3 is 2.45 bits per heavy atom. The van der Waals surface area contributed by atoms with Gasteiger partial charge in [0.1, 0.15) is 11.4 Å². The summed E-state index contributed by atoms with van der Waals surface area (Å²) in [6, 6.07) is 22.9. The van der Waals surface area contributed by atoms with Gasteiger partial charge >= 0.3 is 0 Å². The van der Waals surface area contributed by atoms with E-state index in [1.807, 2.05) is 43.5 Å². The summed E-state index contributed by atoms with van der Waals surface area (Å²) in [4.78, 5) is 7.44. The average Bonchev–Trinajstić information content (AvgIpc) is 3.12. The Balaban J connectivity index is 1.82. The summed E-state index contributed by atoms with van der Waals surface area (Å²) in [6.45, 7) is 8.68. The molecule has 2 aromatic carbocycles. The van der Waals surface area contributed by atoms with E-state index in [0.29, 0.717) is 12.6 Å². The second kappa shape index (κ2) is 9.23. The zero-order valence-corrected chi connectivity index (χ0v) is 18.5. The minimum atomic E-state index is 0.363. The molecule has 0 fully saturated rings. The fourth-order valence-electron chi connectivity index (χ4n) is 3.85. The molecule has 5 heteroatoms. The van der Waals surface area contributed by atoms with E-state index in [-0.39, 0.29) is 0 Å². The molecular formula is C26H30N4O. The van der Waals surface area contributed by atoms with Gasteiger partial charge in [-0.25, -0.2) is 4.98 Å². The molecule has 0 spiro atoms. The molecular weight excluding hydrogens is 384 g/mol. The molecule has 0 atom stereocenters. The number of hydrogen-bond donors (Lipinski definition) is 1. The normalized spacial score (nSPS) is 11.5. The van der Waals surface area contributed by atoms with Gasteiger partial charge in [0.15, 0.2) is 0 Å². The first-order valence-electron chi connectivity index (χ1n) is 10.8. The predicted molar refractivity (Wildman–Crippen MR) is 127 cm³/mol. The van der Waals surface area contributed by atoms with Crippen molar-refractivity contribution in [3.63, 3.8) is 0 Å². The zero-order chi connectivity index (χ0) is 21.8. The molecule has 2 heterocycles. The van der Waals surface area contributed by atoms with E-state index in [9.17, 15) is 0 Å². The molecule has 31 heavy (non-hydrogen) atoms. The minimum Gasteiger partial charge on any atom is -0.493 e. The smallest absolute Gasteiger partial charge is 0.137 e. The third kappa shape index (κ3) is 4.57. The first-order chi connectivity index (χ1) is 15.1. The molecule has 0 aliphatic heterocycles. The molecule has 5 nitrogen and oxygen atoms in total. The molecule has 0 saturated heterocycles. The molecule has 160 valence electrons. The van der Waals surface area contributed by atoms with Gasteiger partial charge in [-0.2, -0.15) is 0 Å². The van der Waals surface area contributed by atoms with E-state index in [0.717, 1.165) is 47.1 Å². The van der Waals surface area contributed by atoms with Crippen LogP contribution in [0, 0.1) is 0 Å². The topological polar surface area (TPSA) is 55.8 Å². The summed E-state index contributed by atoms with van der Waals surface area (Å²) in [6.07, 6.45) is 1.96. The molecule has 0 saturated carbocycles. The molecule has 0 aliphatic rings. The van der Waals surface area contributed by atoms with Crippen molar-refractivity contribution in [3.05, 3.63) is 84.2 Å². The van der Waals surface area contributed by atoms with Gasteiger partial charge in [0.25, 0.3) is 0 Å². The van der Waals surface area contributed by atoms with Crippen molar-refractivity contribution in [1.82, 2.24) is 14.3 Å². The third-order valence-electron chi connectivity index (χ3n) is 5.49. The Kier molecular flexibility index (Phi) is 6.23. The molecule has 0 unspecified atom stereocenters. The van der Waals surface area contributed by atoms with Crippen molar-refractivity contribution in [2.45, 2.75) is 39.9 Å². The number of fused-ring (bicyclic) bond motifs is 1. The second-order valence-electron chi connectivity index (χ2n) is 8.01. The molecule has 4 rings (SSSR count). The van der Waals surface area contributed by atoms with Crippen LogP contribution in [-0.4, -0.2) is 26.9 Å². The van der Waals surface area contributed by atoms with E-state index in [1.165, 1.54) is 5.56 Å². The number of benzene rings is 2. The molecule has 2 N–H and O–H groups in total. The van der Waals surface area contributed by atoms with Gasteiger partial charge in [0.05, 0.1) is 18.0 Å². The predicted octanol–water partition coefficient (Wildman–Crippen LogP) is 5.39. The highest BCUT2D eigenvalue weighted by atomic mass is 16.5. The summed E-state index contributed by atoms with van der Waals surface area (Å²) < 4.78 is 8.05. The molecule has 0 radical (unpaired) electrons. The van der Waals surface area contributed by atoms with Crippen LogP contribution in [0.15, 0.2) is 72.9 Å². The van der Waals surface area contributed by atoms with Crippen LogP contribution in [0.25, 0.3) is 16.9 Å². The fraction of sp³-hybridized carbons (Fsp3) is 0.269. The Hall–Kier alpha value is -3.31. The number of para-hydroxylation sites is 1. The van der Waals surface area contributed by atoms with Crippen LogP contribution in [0.3, 0.4) is 0 Å². The van der Waals surface area contributed by atoms with E-state index >= 15 is 0 Å². The first-order valence-corrected chi connectivity index (χ1v) is 10.8. The van der Waals surface area contributed by atoms with Crippen molar-refractivity contribution in [2.75, 3.05) is 12.3 Å². The van der Waals surface area contributed by atoms with E-state index in [2.05, 4.69) is 59.5 Å². The number of anilines is 1. The Morgan fingerprint density at radius 2 is 1.71 bits per heavy atom. The van der Waals surface area contributed by atoms with Crippen molar-refractivity contribution in [2.24, 2.45) is 0 Å². The van der Waals surface area contributed by atoms with Gasteiger partial charge in [-0.15, -0.1) is 0 Å². The van der Waals surface area contributed by atoms with Crippen LogP contribution < -0.4 is 10.5 Å². The summed E-state index contributed by atoms with van der Waals surface area (Å²) >= 11 is 0. The Morgan fingerprint density at radius 1 is 0.968 bits per heavy atom. The maximum Gasteiger partial charge on any atom is 0.137 e. The number of pyridine rings is 1. The fourth-order valence-corrected chi connectivity index (χ4v) is 3.85. The van der Waals surface area contributed by atoms with Crippen LogP contribution in [0.1, 0.15) is 32.0 Å². The number of nitrogen functional groups attached to an aromatic ring is 1. The van der Waals surface area contributed by atoms with Gasteiger partial charge < -0.3 is 14.9 Å². The molecule has 0 aliphatic carbocycles. The van der Waals surface area contributed by atoms with Crippen molar-refractivity contribution in [3.8, 4) is 17.0 Å². The van der Waals surface area contributed by atoms with Crippen molar-refractivity contribution >= 4 is 11.3 Å². The van der Waals surface area contributed by atoms with Crippen LogP contribution in [0.5, 0.6) is 5.75 Å². The highest BCUT2D eigenvalue weighted by Crippen LogP contribution is 2.34. The molecule has 2 aromatic heterocycles. The van der Waals surface area contributed by atoms with Crippen LogP contribution in [0.4, 0.5) is 5.69 Å². The van der Waals surface area contributed by atoms with Gasteiger partial charge in [-0.3, -0.25) is 4.90 Å². The Bertz CT molecular complexity index is 1150. The van der Waals surface area contributed by atoms with Gasteiger partial charge in [0.2, 0.25) is 0 Å². The van der Waals surface area contributed by atoms with E-state index in [4.69, 9.17) is 15.5 Å². The minimum absolute atomic E-state index is 0.363. The average molecular weight is 415 g/mol. The first kappa shape index (κ1) is 20.9. The number of ether oxygens (including phenoxy) is 1. The van der Waals surface area contributed by atoms with Gasteiger partial charge in [-0.1, -0.05) is 42.5 Å². The number of rotatable bonds is 8. The van der Waals surface area contributed by atoms with Crippen molar-refractivity contribution in [1.29, 1.82) is 0 Å². The summed E-state index contributed by atoms with van der Waals surface area (Å²) in [5.41, 5.74) is 12.1. The molecule has 0 amide bonds. The number of hydrogen-bond acceptors (Lipinski definition) is 4. The summed E-state index contributed by atoms with van der Waals surface area (Å²) in [7, 11) is 0. The van der Waals surface area contributed by atoms with Crippen LogP contribution in [-0.2, 0) is 13.1 Å². The third-order valence-corrected chi connectivity index (χ3v) is 5.49. The quantitative estimate of drug-likeness (QED) is 0.420. The highest BCUT2D eigenvalue weighted by Gasteiger charge is 2.21. The summed E-state index contributed by atoms with van der Waals surface area (Å²) in [5.74, 6) is 0.849. The maximum atomic E-state index is 6.15. The Labute approximate surface area is 184 Å². The standard InChI is InChI=1S/C26H30N4O/c1-4-31-24-13-9-8-12-22(24)26-23(30-17-21(27)14-15-25(30)28-26)18-29(19(2)3)16-20-10-6-5-7-11-20/h5-15,17,19H,4,16,18,27H2,1-3H3. The molecule has 0 bridgehead atoms.